The first-order valence-electron chi connectivity index (χ1n) is 10.3. The van der Waals surface area contributed by atoms with Gasteiger partial charge in [-0.1, -0.05) is 0 Å². The predicted octanol–water partition coefficient (Wildman–Crippen LogP) is 1.05. The number of tetrazole rings is 1. The van der Waals surface area contributed by atoms with Crippen LogP contribution in [0.15, 0.2) is 30.6 Å². The average Bonchev–Trinajstić information content (AvgIpc) is 3.46. The first kappa shape index (κ1) is 19.8. The molecule has 0 saturated carbocycles. The summed E-state index contributed by atoms with van der Waals surface area (Å²) in [6, 6.07) is 7.29. The lowest BCUT2D eigenvalue weighted by molar-refractivity contribution is -0.124. The monoisotopic (exact) mass is 400 g/mol. The number of hydrogen-bond acceptors (Lipinski definition) is 7. The molecule has 0 radical (unpaired) electrons. The second-order valence-electron chi connectivity index (χ2n) is 7.91. The number of rotatable bonds is 8. The van der Waals surface area contributed by atoms with Crippen molar-refractivity contribution in [3.05, 3.63) is 30.6 Å². The van der Waals surface area contributed by atoms with Crippen molar-refractivity contribution in [2.45, 2.75) is 25.7 Å². The number of likely N-dealkylation sites (tertiary alicyclic amines) is 1. The molecular weight excluding hydrogens is 372 g/mol. The van der Waals surface area contributed by atoms with Gasteiger partial charge in [0.05, 0.1) is 5.69 Å². The SMILES string of the molecule is O=C(COc1ccc(-n2cnnn2)cc1)NCC1(CN2CCCC2)CCOCC1. The third kappa shape index (κ3) is 5.30. The van der Waals surface area contributed by atoms with Crippen LogP contribution in [-0.2, 0) is 9.53 Å². The van der Waals surface area contributed by atoms with Crippen LogP contribution in [0.4, 0.5) is 0 Å². The topological polar surface area (TPSA) is 94.4 Å². The van der Waals surface area contributed by atoms with Gasteiger partial charge in [0.1, 0.15) is 12.1 Å². The summed E-state index contributed by atoms with van der Waals surface area (Å²) in [6.45, 7) is 5.59. The lowest BCUT2D eigenvalue weighted by Crippen LogP contribution is -2.48. The molecule has 2 aliphatic heterocycles. The summed E-state index contributed by atoms with van der Waals surface area (Å²) in [7, 11) is 0. The zero-order chi connectivity index (χ0) is 19.9. The molecule has 2 fully saturated rings. The summed E-state index contributed by atoms with van der Waals surface area (Å²) >= 11 is 0. The van der Waals surface area contributed by atoms with Crippen molar-refractivity contribution in [1.82, 2.24) is 30.4 Å². The Morgan fingerprint density at radius 3 is 2.62 bits per heavy atom. The number of nitrogens with one attached hydrogen (secondary N) is 1. The van der Waals surface area contributed by atoms with Gasteiger partial charge < -0.3 is 19.7 Å². The van der Waals surface area contributed by atoms with Crippen LogP contribution >= 0.6 is 0 Å². The second kappa shape index (κ2) is 9.32. The smallest absolute Gasteiger partial charge is 0.257 e. The highest BCUT2D eigenvalue weighted by Gasteiger charge is 2.35. The Hall–Kier alpha value is -2.52. The molecule has 1 aromatic heterocycles. The molecule has 0 atom stereocenters. The molecule has 9 nitrogen and oxygen atoms in total. The molecule has 1 amide bonds. The Kier molecular flexibility index (Phi) is 6.36. The van der Waals surface area contributed by atoms with Gasteiger partial charge >= 0.3 is 0 Å². The Bertz CT molecular complexity index is 768. The number of amides is 1. The fourth-order valence-electron chi connectivity index (χ4n) is 4.07. The fraction of sp³-hybridized carbons (Fsp3) is 0.600. The number of nitrogens with zero attached hydrogens (tertiary/aromatic N) is 5. The van der Waals surface area contributed by atoms with Gasteiger partial charge in [0.2, 0.25) is 0 Å². The van der Waals surface area contributed by atoms with E-state index in [1.54, 1.807) is 16.8 Å². The van der Waals surface area contributed by atoms with Gasteiger partial charge in [0.15, 0.2) is 6.61 Å². The Morgan fingerprint density at radius 2 is 1.93 bits per heavy atom. The third-order valence-electron chi connectivity index (χ3n) is 5.79. The van der Waals surface area contributed by atoms with Gasteiger partial charge in [0, 0.05) is 31.7 Å². The van der Waals surface area contributed by atoms with Crippen LogP contribution in [0.3, 0.4) is 0 Å². The minimum atomic E-state index is -0.0955. The van der Waals surface area contributed by atoms with Gasteiger partial charge in [-0.15, -0.1) is 5.10 Å². The molecule has 0 aliphatic carbocycles. The standard InChI is InChI=1S/C20H28N6O3/c27-19(13-29-18-5-3-17(4-6-18)26-16-22-23-24-26)21-14-20(7-11-28-12-8-20)15-25-9-1-2-10-25/h3-6,16H,1-2,7-15H2,(H,21,27). The van der Waals surface area contributed by atoms with Crippen LogP contribution in [-0.4, -0.2) is 77.0 Å². The van der Waals surface area contributed by atoms with Crippen LogP contribution < -0.4 is 10.1 Å². The first-order valence-corrected chi connectivity index (χ1v) is 10.3. The molecular formula is C20H28N6O3. The molecule has 1 N–H and O–H groups in total. The third-order valence-corrected chi connectivity index (χ3v) is 5.79. The van der Waals surface area contributed by atoms with E-state index in [-0.39, 0.29) is 17.9 Å². The number of carbonyl (C=O) groups is 1. The Morgan fingerprint density at radius 1 is 1.17 bits per heavy atom. The van der Waals surface area contributed by atoms with Crippen LogP contribution in [0.1, 0.15) is 25.7 Å². The molecule has 9 heteroatoms. The quantitative estimate of drug-likeness (QED) is 0.708. The summed E-state index contributed by atoms with van der Waals surface area (Å²) in [5.41, 5.74) is 0.932. The van der Waals surface area contributed by atoms with Gasteiger partial charge in [-0.3, -0.25) is 4.79 Å². The molecule has 2 saturated heterocycles. The molecule has 1 aromatic carbocycles. The van der Waals surface area contributed by atoms with E-state index in [1.165, 1.54) is 32.3 Å². The molecule has 0 unspecified atom stereocenters. The average molecular weight is 400 g/mol. The predicted molar refractivity (Wildman–Crippen MR) is 106 cm³/mol. The van der Waals surface area contributed by atoms with E-state index in [0.29, 0.717) is 12.3 Å². The lowest BCUT2D eigenvalue weighted by atomic mass is 9.79. The van der Waals surface area contributed by atoms with Gasteiger partial charge in [-0.05, 0) is 73.5 Å². The van der Waals surface area contributed by atoms with Crippen molar-refractivity contribution in [3.8, 4) is 11.4 Å². The Balaban J connectivity index is 1.26. The number of carbonyl (C=O) groups excluding carboxylic acids is 1. The molecule has 29 heavy (non-hydrogen) atoms. The van der Waals surface area contributed by atoms with Crippen molar-refractivity contribution < 1.29 is 14.3 Å². The van der Waals surface area contributed by atoms with Crippen molar-refractivity contribution in [2.75, 3.05) is 46.0 Å². The van der Waals surface area contributed by atoms with Crippen molar-refractivity contribution >= 4 is 5.91 Å². The number of hydrogen-bond donors (Lipinski definition) is 1. The molecule has 2 aliphatic rings. The Labute approximate surface area is 170 Å². The van der Waals surface area contributed by atoms with E-state index >= 15 is 0 Å². The molecule has 3 heterocycles. The molecule has 0 bridgehead atoms. The first-order chi connectivity index (χ1) is 14.2. The molecule has 156 valence electrons. The number of aromatic nitrogens is 4. The maximum Gasteiger partial charge on any atom is 0.257 e. The van der Waals surface area contributed by atoms with E-state index in [0.717, 1.165) is 38.3 Å². The van der Waals surface area contributed by atoms with Crippen molar-refractivity contribution in [1.29, 1.82) is 0 Å². The normalized spacial score (nSPS) is 19.2. The summed E-state index contributed by atoms with van der Waals surface area (Å²) in [4.78, 5) is 14.9. The highest BCUT2D eigenvalue weighted by molar-refractivity contribution is 5.77. The second-order valence-corrected chi connectivity index (χ2v) is 7.91. The van der Waals surface area contributed by atoms with Crippen molar-refractivity contribution in [3.63, 3.8) is 0 Å². The maximum absolute atomic E-state index is 12.4. The van der Waals surface area contributed by atoms with Gasteiger partial charge in [-0.25, -0.2) is 4.68 Å². The zero-order valence-corrected chi connectivity index (χ0v) is 16.6. The van der Waals surface area contributed by atoms with E-state index in [9.17, 15) is 4.79 Å². The molecule has 2 aromatic rings. The minimum absolute atomic E-state index is 0.000518. The number of benzene rings is 1. The van der Waals surface area contributed by atoms with Crippen LogP contribution in [0, 0.1) is 5.41 Å². The highest BCUT2D eigenvalue weighted by Crippen LogP contribution is 2.32. The summed E-state index contributed by atoms with van der Waals surface area (Å²) in [5.74, 6) is 0.539. The van der Waals surface area contributed by atoms with Gasteiger partial charge in [0.25, 0.3) is 5.91 Å². The molecule has 4 rings (SSSR count). The van der Waals surface area contributed by atoms with E-state index in [4.69, 9.17) is 9.47 Å². The van der Waals surface area contributed by atoms with Crippen LogP contribution in [0.5, 0.6) is 5.75 Å². The summed E-state index contributed by atoms with van der Waals surface area (Å²) in [6.07, 6.45) is 6.06. The minimum Gasteiger partial charge on any atom is -0.484 e. The zero-order valence-electron chi connectivity index (χ0n) is 16.6. The van der Waals surface area contributed by atoms with Gasteiger partial charge in [-0.2, -0.15) is 0 Å². The van der Waals surface area contributed by atoms with E-state index in [2.05, 4.69) is 25.7 Å². The van der Waals surface area contributed by atoms with E-state index < -0.39 is 0 Å². The van der Waals surface area contributed by atoms with Crippen LogP contribution in [0.2, 0.25) is 0 Å². The summed E-state index contributed by atoms with van der Waals surface area (Å²) < 4.78 is 12.8. The highest BCUT2D eigenvalue weighted by atomic mass is 16.5. The van der Waals surface area contributed by atoms with Crippen LogP contribution in [0.25, 0.3) is 5.69 Å². The summed E-state index contributed by atoms with van der Waals surface area (Å²) in [5, 5.41) is 14.2. The lowest BCUT2D eigenvalue weighted by Gasteiger charge is -2.40. The molecule has 0 spiro atoms. The maximum atomic E-state index is 12.4. The fourth-order valence-corrected chi connectivity index (χ4v) is 4.07. The largest absolute Gasteiger partial charge is 0.484 e. The number of ether oxygens (including phenoxy) is 2. The van der Waals surface area contributed by atoms with Crippen molar-refractivity contribution in [2.24, 2.45) is 5.41 Å². The van der Waals surface area contributed by atoms with E-state index in [1.807, 2.05) is 12.1 Å².